The zero-order chi connectivity index (χ0) is 12.7. The zero-order valence-electron chi connectivity index (χ0n) is 11.6. The number of rotatable bonds is 8. The van der Waals surface area contributed by atoms with Crippen molar-refractivity contribution in [1.82, 2.24) is 4.90 Å². The molecule has 3 heteroatoms. The molecule has 3 nitrogen and oxygen atoms in total. The Labute approximate surface area is 106 Å². The van der Waals surface area contributed by atoms with Crippen molar-refractivity contribution in [3.8, 4) is 0 Å². The van der Waals surface area contributed by atoms with Gasteiger partial charge in [0.25, 0.3) is 0 Å². The number of hydrogen-bond donors (Lipinski definition) is 2. The van der Waals surface area contributed by atoms with Crippen molar-refractivity contribution >= 4 is 0 Å². The van der Waals surface area contributed by atoms with E-state index in [1.165, 1.54) is 32.2 Å². The van der Waals surface area contributed by atoms with E-state index in [2.05, 4.69) is 18.7 Å². The predicted octanol–water partition coefficient (Wildman–Crippen LogP) is 1.99. The molecular weight excluding hydrogens is 212 g/mol. The monoisotopic (exact) mass is 242 g/mol. The summed E-state index contributed by atoms with van der Waals surface area (Å²) in [7, 11) is 0. The van der Waals surface area contributed by atoms with Crippen LogP contribution in [0.15, 0.2) is 0 Å². The summed E-state index contributed by atoms with van der Waals surface area (Å²) in [4.78, 5) is 2.62. The van der Waals surface area contributed by atoms with Gasteiger partial charge in [0, 0.05) is 19.2 Å². The van der Waals surface area contributed by atoms with Gasteiger partial charge in [-0.15, -0.1) is 0 Å². The van der Waals surface area contributed by atoms with Gasteiger partial charge in [-0.05, 0) is 57.0 Å². The van der Waals surface area contributed by atoms with Gasteiger partial charge in [-0.2, -0.15) is 0 Å². The third-order valence-electron chi connectivity index (χ3n) is 4.67. The molecule has 102 valence electrons. The van der Waals surface area contributed by atoms with E-state index in [1.807, 2.05) is 0 Å². The Morgan fingerprint density at radius 1 is 1.35 bits per heavy atom. The summed E-state index contributed by atoms with van der Waals surface area (Å²) >= 11 is 0. The van der Waals surface area contributed by atoms with Crippen molar-refractivity contribution in [2.45, 2.75) is 58.4 Å². The number of hydrogen-bond acceptors (Lipinski definition) is 3. The summed E-state index contributed by atoms with van der Waals surface area (Å²) in [6.07, 6.45) is 7.03. The van der Waals surface area contributed by atoms with E-state index in [1.54, 1.807) is 0 Å². The number of likely N-dealkylation sites (tertiary alicyclic amines) is 1. The number of nitrogens with two attached hydrogens (primary N) is 1. The molecule has 1 aliphatic heterocycles. The number of aliphatic hydroxyl groups excluding tert-OH is 1. The molecule has 0 bridgehead atoms. The van der Waals surface area contributed by atoms with Gasteiger partial charge in [-0.3, -0.25) is 4.90 Å². The molecule has 0 aliphatic carbocycles. The smallest absolute Gasteiger partial charge is 0.0431 e. The molecule has 0 amide bonds. The van der Waals surface area contributed by atoms with E-state index in [-0.39, 0.29) is 0 Å². The summed E-state index contributed by atoms with van der Waals surface area (Å²) in [5, 5.41) is 8.95. The van der Waals surface area contributed by atoms with Crippen LogP contribution in [0.1, 0.15) is 52.4 Å². The van der Waals surface area contributed by atoms with E-state index in [4.69, 9.17) is 10.8 Å². The maximum atomic E-state index is 8.95. The first kappa shape index (κ1) is 14.9. The molecule has 0 spiro atoms. The fourth-order valence-corrected chi connectivity index (χ4v) is 3.01. The van der Waals surface area contributed by atoms with Crippen molar-refractivity contribution in [2.24, 2.45) is 11.1 Å². The highest BCUT2D eigenvalue weighted by Gasteiger charge is 2.32. The first-order chi connectivity index (χ1) is 8.21. The van der Waals surface area contributed by atoms with E-state index in [9.17, 15) is 0 Å². The van der Waals surface area contributed by atoms with Crippen LogP contribution >= 0.6 is 0 Å². The molecule has 0 aromatic carbocycles. The van der Waals surface area contributed by atoms with Gasteiger partial charge < -0.3 is 10.8 Å². The summed E-state index contributed by atoms with van der Waals surface area (Å²) in [6.45, 7) is 8.01. The predicted molar refractivity (Wildman–Crippen MR) is 73.0 cm³/mol. The Morgan fingerprint density at radius 2 is 2.06 bits per heavy atom. The van der Waals surface area contributed by atoms with Gasteiger partial charge >= 0.3 is 0 Å². The lowest BCUT2D eigenvalue weighted by Gasteiger charge is -2.37. The Hall–Kier alpha value is -0.120. The van der Waals surface area contributed by atoms with Crippen LogP contribution in [0.2, 0.25) is 0 Å². The largest absolute Gasteiger partial charge is 0.396 e. The third-order valence-corrected chi connectivity index (χ3v) is 4.67. The average Bonchev–Trinajstić information content (AvgIpc) is 2.80. The summed E-state index contributed by atoms with van der Waals surface area (Å²) in [5.74, 6) is 0. The van der Waals surface area contributed by atoms with E-state index in [0.29, 0.717) is 18.1 Å². The SMILES string of the molecule is CCC(CC)(CN)CN1CCCC1CCCO. The first-order valence-electron chi connectivity index (χ1n) is 7.26. The molecule has 1 heterocycles. The van der Waals surface area contributed by atoms with Gasteiger partial charge in [0.2, 0.25) is 0 Å². The minimum Gasteiger partial charge on any atom is -0.396 e. The lowest BCUT2D eigenvalue weighted by atomic mass is 9.81. The third kappa shape index (κ3) is 3.94. The van der Waals surface area contributed by atoms with Crippen molar-refractivity contribution in [3.63, 3.8) is 0 Å². The second-order valence-electron chi connectivity index (χ2n) is 5.54. The second kappa shape index (κ2) is 7.34. The molecule has 1 aliphatic rings. The minimum absolute atomic E-state index is 0.307. The first-order valence-corrected chi connectivity index (χ1v) is 7.26. The quantitative estimate of drug-likeness (QED) is 0.684. The Kier molecular flexibility index (Phi) is 6.45. The van der Waals surface area contributed by atoms with E-state index < -0.39 is 0 Å². The Bertz CT molecular complexity index is 196. The van der Waals surface area contributed by atoms with Gasteiger partial charge in [0.1, 0.15) is 0 Å². The van der Waals surface area contributed by atoms with Gasteiger partial charge in [0.15, 0.2) is 0 Å². The van der Waals surface area contributed by atoms with Gasteiger partial charge in [-0.1, -0.05) is 13.8 Å². The maximum Gasteiger partial charge on any atom is 0.0431 e. The normalized spacial score (nSPS) is 22.2. The number of aliphatic hydroxyl groups is 1. The standard InChI is InChI=1S/C14H30N2O/c1-3-14(4-2,11-15)12-16-9-5-7-13(16)8-6-10-17/h13,17H,3-12,15H2,1-2H3. The molecule has 1 atom stereocenters. The van der Waals surface area contributed by atoms with Gasteiger partial charge in [-0.25, -0.2) is 0 Å². The van der Waals surface area contributed by atoms with Crippen molar-refractivity contribution in [2.75, 3.05) is 26.2 Å². The van der Waals surface area contributed by atoms with Crippen molar-refractivity contribution < 1.29 is 5.11 Å². The highest BCUT2D eigenvalue weighted by Crippen LogP contribution is 2.31. The van der Waals surface area contributed by atoms with E-state index in [0.717, 1.165) is 25.9 Å². The van der Waals surface area contributed by atoms with Crippen molar-refractivity contribution in [1.29, 1.82) is 0 Å². The fourth-order valence-electron chi connectivity index (χ4n) is 3.01. The molecule has 0 aromatic heterocycles. The highest BCUT2D eigenvalue weighted by atomic mass is 16.2. The molecule has 0 radical (unpaired) electrons. The van der Waals surface area contributed by atoms with Crippen LogP contribution in [0.4, 0.5) is 0 Å². The number of nitrogens with zero attached hydrogens (tertiary/aromatic N) is 1. The average molecular weight is 242 g/mol. The molecule has 1 saturated heterocycles. The summed E-state index contributed by atoms with van der Waals surface area (Å²) < 4.78 is 0. The molecular formula is C14H30N2O. The molecule has 1 unspecified atom stereocenters. The summed E-state index contributed by atoms with van der Waals surface area (Å²) in [5.41, 5.74) is 6.29. The van der Waals surface area contributed by atoms with Crippen LogP contribution in [-0.4, -0.2) is 42.3 Å². The van der Waals surface area contributed by atoms with Crippen LogP contribution < -0.4 is 5.73 Å². The molecule has 1 rings (SSSR count). The van der Waals surface area contributed by atoms with E-state index >= 15 is 0 Å². The molecule has 0 aromatic rings. The van der Waals surface area contributed by atoms with Crippen molar-refractivity contribution in [3.05, 3.63) is 0 Å². The Morgan fingerprint density at radius 3 is 2.59 bits per heavy atom. The van der Waals surface area contributed by atoms with Crippen LogP contribution in [0.25, 0.3) is 0 Å². The fraction of sp³-hybridized carbons (Fsp3) is 1.00. The molecule has 0 saturated carbocycles. The summed E-state index contributed by atoms with van der Waals surface area (Å²) in [6, 6.07) is 0.686. The molecule has 1 fully saturated rings. The lowest BCUT2D eigenvalue weighted by molar-refractivity contribution is 0.125. The molecule has 17 heavy (non-hydrogen) atoms. The zero-order valence-corrected chi connectivity index (χ0v) is 11.6. The van der Waals surface area contributed by atoms with Crippen LogP contribution in [0.3, 0.4) is 0 Å². The minimum atomic E-state index is 0.307. The second-order valence-corrected chi connectivity index (χ2v) is 5.54. The molecule has 3 N–H and O–H groups in total. The highest BCUT2D eigenvalue weighted by molar-refractivity contribution is 4.87. The Balaban J connectivity index is 2.52. The lowest BCUT2D eigenvalue weighted by Crippen LogP contribution is -2.44. The van der Waals surface area contributed by atoms with Gasteiger partial charge in [0.05, 0.1) is 0 Å². The van der Waals surface area contributed by atoms with Crippen LogP contribution in [-0.2, 0) is 0 Å². The maximum absolute atomic E-state index is 8.95. The topological polar surface area (TPSA) is 49.5 Å². The van der Waals surface area contributed by atoms with Crippen LogP contribution in [0.5, 0.6) is 0 Å². The van der Waals surface area contributed by atoms with Crippen LogP contribution in [0, 0.1) is 5.41 Å².